The number of aliphatic hydroxyl groups is 1. The van der Waals surface area contributed by atoms with E-state index >= 15 is 0 Å². The molecular weight excluding hydrogens is 807 g/mol. The highest BCUT2D eigenvalue weighted by Gasteiger charge is 2.71. The Balaban J connectivity index is 0.000000181. The van der Waals surface area contributed by atoms with Crippen LogP contribution in [0.2, 0.25) is 0 Å². The van der Waals surface area contributed by atoms with Gasteiger partial charge in [-0.1, -0.05) is 42.5 Å². The number of nitrogens with one attached hydrogen (secondary N) is 2. The fraction of sp³-hybridized carbons (Fsp3) is 0.462. The van der Waals surface area contributed by atoms with Crippen molar-refractivity contribution in [1.29, 1.82) is 0 Å². The Morgan fingerprint density at radius 2 is 1.63 bits per heavy atom. The number of nitrogens with zero attached hydrogens (tertiary/aromatic N) is 1. The van der Waals surface area contributed by atoms with Crippen LogP contribution in [-0.4, -0.2) is 86.1 Å². The number of epoxide rings is 1. The van der Waals surface area contributed by atoms with Gasteiger partial charge in [-0.3, -0.25) is 0 Å². The van der Waals surface area contributed by atoms with E-state index in [2.05, 4.69) is 41.6 Å². The van der Waals surface area contributed by atoms with Crippen LogP contribution in [0, 0.1) is 0 Å². The minimum Gasteiger partial charge on any atom is -1.00 e. The van der Waals surface area contributed by atoms with Gasteiger partial charge in [0.25, 0.3) is 0 Å². The summed E-state index contributed by atoms with van der Waals surface area (Å²) in [6.45, 7) is 1.32. The van der Waals surface area contributed by atoms with Crippen molar-refractivity contribution >= 4 is 28.6 Å². The number of carbonyl (C=O) groups is 1. The van der Waals surface area contributed by atoms with Gasteiger partial charge >= 0.3 is 12.3 Å². The second-order valence-corrected chi connectivity index (χ2v) is 16.4. The fourth-order valence-corrected chi connectivity index (χ4v) is 9.99. The molecule has 2 aromatic heterocycles. The summed E-state index contributed by atoms with van der Waals surface area (Å²) in [6, 6.07) is 22.6. The zero-order chi connectivity index (χ0) is 37.4. The Morgan fingerprint density at radius 3 is 2.20 bits per heavy atom. The van der Waals surface area contributed by atoms with Crippen LogP contribution >= 0.6 is 22.7 Å². The molecule has 4 aliphatic rings. The third-order valence-corrected chi connectivity index (χ3v) is 13.0. The highest BCUT2D eigenvalue weighted by molar-refractivity contribution is 7.12. The van der Waals surface area contributed by atoms with Crippen LogP contribution in [-0.2, 0) is 26.4 Å². The lowest BCUT2D eigenvalue weighted by atomic mass is 9.92. The molecule has 4 fully saturated rings. The number of rotatable bonds is 10. The molecule has 0 amide bonds. The highest BCUT2D eigenvalue weighted by atomic mass is 79.9. The van der Waals surface area contributed by atoms with E-state index in [1.54, 1.807) is 12.1 Å². The van der Waals surface area contributed by atoms with Crippen LogP contribution in [0.3, 0.4) is 0 Å². The van der Waals surface area contributed by atoms with Crippen LogP contribution in [0.15, 0.2) is 83.6 Å². The molecule has 8 rings (SSSR count). The summed E-state index contributed by atoms with van der Waals surface area (Å²) >= 11 is 2.74. The number of carbonyl (C=O) groups excluding carboxylic acids is 1. The van der Waals surface area contributed by atoms with Crippen molar-refractivity contribution in [3.63, 3.8) is 0 Å². The maximum Gasteiger partial charge on any atom is 0.573 e. The molecular formula is C39H45BrF3N3O6S2. The summed E-state index contributed by atoms with van der Waals surface area (Å²) in [5, 5.41) is 22.1. The number of piperidine rings is 2. The van der Waals surface area contributed by atoms with Gasteiger partial charge in [-0.05, 0) is 66.0 Å². The van der Waals surface area contributed by atoms with E-state index in [0.717, 1.165) is 36.7 Å². The normalized spacial score (nSPS) is 26.7. The molecule has 0 spiro atoms. The van der Waals surface area contributed by atoms with Gasteiger partial charge in [0.1, 0.15) is 41.9 Å². The summed E-state index contributed by atoms with van der Waals surface area (Å²) in [5.74, 6) is -0.285. The molecule has 2 bridgehead atoms. The van der Waals surface area contributed by atoms with Crippen molar-refractivity contribution in [2.45, 2.75) is 86.7 Å². The molecule has 3 N–H and O–H groups in total. The van der Waals surface area contributed by atoms with Gasteiger partial charge < -0.3 is 56.2 Å². The second-order valence-electron chi connectivity index (χ2n) is 14.5. The molecule has 0 saturated carbocycles. The van der Waals surface area contributed by atoms with Crippen LogP contribution in [0.5, 0.6) is 11.5 Å². The predicted molar refractivity (Wildman–Crippen MR) is 196 cm³/mol. The lowest BCUT2D eigenvalue weighted by Gasteiger charge is -2.45. The number of halogens is 4. The third-order valence-electron chi connectivity index (χ3n) is 11.0. The molecule has 0 aliphatic carbocycles. The van der Waals surface area contributed by atoms with Gasteiger partial charge in [0.05, 0.1) is 31.0 Å². The molecule has 292 valence electrons. The molecule has 54 heavy (non-hydrogen) atoms. The van der Waals surface area contributed by atoms with E-state index in [0.29, 0.717) is 51.9 Å². The topological polar surface area (TPSA) is 102 Å². The number of ether oxygens (including phenoxy) is 4. The van der Waals surface area contributed by atoms with Crippen molar-refractivity contribution in [2.24, 2.45) is 0 Å². The molecule has 0 radical (unpaired) electrons. The Kier molecular flexibility index (Phi) is 12.5. The number of hydrogen-bond acceptors (Lipinski definition) is 10. The van der Waals surface area contributed by atoms with Crippen molar-refractivity contribution in [3.05, 3.63) is 104 Å². The molecule has 2 aromatic carbocycles. The third kappa shape index (κ3) is 8.53. The van der Waals surface area contributed by atoms with E-state index < -0.39 is 17.9 Å². The lowest BCUT2D eigenvalue weighted by Crippen LogP contribution is -3.00. The van der Waals surface area contributed by atoms with Gasteiger partial charge in [0.2, 0.25) is 5.60 Å². The summed E-state index contributed by atoms with van der Waals surface area (Å²) in [7, 11) is 5.99. The second kappa shape index (κ2) is 16.6. The number of morpholine rings is 1. The quantitative estimate of drug-likeness (QED) is 0.127. The number of methoxy groups -OCH3 is 1. The standard InChI is InChI=1S/C20H23F3N2O2.C19H22NO4S2.BrH/c1-26-18-10-9-16(27-20(21,22)23)12-15(18)13-25-17-8-5-11-24-19(17)14-6-3-2-4-7-14;1-20(2)12-9-11(10-13(20)17-16(12)24-17)23-18(21)19(22,14-5-3-7-25-14)15-6-4-8-26-15;/h2-4,6-7,9-10,12,17,19,24-25H,5,8,11,13H2,1H3;3-8,11-13,16-17,22H,9-10H2,1-2H3;1H/q;+1;/p-1/t17-,19-;11?,12?,13?,16-,17+;/m0../s1. The van der Waals surface area contributed by atoms with Gasteiger partial charge in [-0.15, -0.1) is 35.8 Å². The van der Waals surface area contributed by atoms with Crippen molar-refractivity contribution in [3.8, 4) is 11.5 Å². The average Bonchev–Trinajstić information content (AvgIpc) is 3.43. The molecule has 4 aromatic rings. The number of hydrogen-bond donors (Lipinski definition) is 3. The lowest BCUT2D eigenvalue weighted by molar-refractivity contribution is -0.938. The molecule has 9 nitrogen and oxygen atoms in total. The number of thiophene rings is 2. The zero-order valence-electron chi connectivity index (χ0n) is 30.1. The van der Waals surface area contributed by atoms with E-state index in [9.17, 15) is 23.1 Å². The van der Waals surface area contributed by atoms with Gasteiger partial charge in [0, 0.05) is 37.0 Å². The monoisotopic (exact) mass is 851 g/mol. The largest absolute Gasteiger partial charge is 1.00 e. The maximum absolute atomic E-state index is 13.1. The van der Waals surface area contributed by atoms with E-state index in [4.69, 9.17) is 14.2 Å². The Hall–Kier alpha value is -3.02. The zero-order valence-corrected chi connectivity index (χ0v) is 33.4. The van der Waals surface area contributed by atoms with Crippen molar-refractivity contribution in [1.82, 2.24) is 10.6 Å². The average molecular weight is 853 g/mol. The Morgan fingerprint density at radius 1 is 0.981 bits per heavy atom. The Labute approximate surface area is 331 Å². The van der Waals surface area contributed by atoms with Crippen molar-refractivity contribution < 1.29 is 63.5 Å². The molecule has 6 heterocycles. The van der Waals surface area contributed by atoms with Crippen LogP contribution in [0.4, 0.5) is 13.2 Å². The van der Waals surface area contributed by atoms with Crippen LogP contribution in [0.1, 0.15) is 52.6 Å². The minimum atomic E-state index is -4.72. The predicted octanol–water partition coefficient (Wildman–Crippen LogP) is 3.53. The number of benzene rings is 2. The maximum atomic E-state index is 13.1. The van der Waals surface area contributed by atoms with Gasteiger partial charge in [-0.2, -0.15) is 0 Å². The van der Waals surface area contributed by atoms with E-state index in [-0.39, 0.29) is 40.9 Å². The minimum absolute atomic E-state index is 0. The first kappa shape index (κ1) is 40.6. The first-order valence-corrected chi connectivity index (χ1v) is 19.6. The number of alkyl halides is 3. The van der Waals surface area contributed by atoms with Crippen LogP contribution in [0.25, 0.3) is 0 Å². The van der Waals surface area contributed by atoms with E-state index in [1.165, 1.54) is 53.5 Å². The fourth-order valence-electron chi connectivity index (χ4n) is 8.28. The number of esters is 1. The first-order valence-electron chi connectivity index (χ1n) is 17.8. The molecule has 15 heteroatoms. The summed E-state index contributed by atoms with van der Waals surface area (Å²) in [6.07, 6.45) is -0.651. The number of likely N-dealkylation sites (N-methyl/N-ethyl adjacent to an activating group) is 1. The van der Waals surface area contributed by atoms with Gasteiger partial charge in [0.15, 0.2) is 0 Å². The molecule has 7 atom stereocenters. The summed E-state index contributed by atoms with van der Waals surface area (Å²) < 4.78 is 59.4. The van der Waals surface area contributed by atoms with Gasteiger partial charge in [-0.25, -0.2) is 4.79 Å². The van der Waals surface area contributed by atoms with E-state index in [1.807, 2.05) is 41.1 Å². The van der Waals surface area contributed by atoms with Crippen LogP contribution < -0.4 is 37.1 Å². The molecule has 3 unspecified atom stereocenters. The van der Waals surface area contributed by atoms with Crippen molar-refractivity contribution in [2.75, 3.05) is 27.7 Å². The number of fused-ring (bicyclic) bond motifs is 5. The molecule has 4 saturated heterocycles. The summed E-state index contributed by atoms with van der Waals surface area (Å²) in [4.78, 5) is 14.3. The molecule has 4 aliphatic heterocycles. The smallest absolute Gasteiger partial charge is 0.573 e. The first-order chi connectivity index (χ1) is 25.4. The SMILES string of the molecule is COc1ccc(OC(F)(F)F)cc1CN[C@H]1CCCN[C@H]1c1ccccc1.C[N+]1(C)C2CC(OC(=O)C(O)(c3cccs3)c3cccs3)CC1[C@@H]1O[C@H]21.[Br-]. The summed E-state index contributed by atoms with van der Waals surface area (Å²) in [5.41, 5.74) is 0.0928. The highest BCUT2D eigenvalue weighted by Crippen LogP contribution is 2.52. The Bertz CT molecular complexity index is 1780. The number of quaternary nitrogens is 1.